The van der Waals surface area contributed by atoms with Gasteiger partial charge in [-0.25, -0.2) is 4.98 Å². The quantitative estimate of drug-likeness (QED) is 0.518. The third-order valence-corrected chi connectivity index (χ3v) is 4.22. The van der Waals surface area contributed by atoms with Crippen LogP contribution in [0.4, 0.5) is 24.5 Å². The van der Waals surface area contributed by atoms with Crippen molar-refractivity contribution in [1.82, 2.24) is 4.98 Å². The van der Waals surface area contributed by atoms with Crippen molar-refractivity contribution in [3.63, 3.8) is 0 Å². The van der Waals surface area contributed by atoms with Gasteiger partial charge in [0.25, 0.3) is 11.8 Å². The van der Waals surface area contributed by atoms with E-state index in [2.05, 4.69) is 15.6 Å². The van der Waals surface area contributed by atoms with E-state index in [1.165, 1.54) is 36.5 Å². The van der Waals surface area contributed by atoms with Gasteiger partial charge in [-0.1, -0.05) is 23.7 Å². The molecule has 10 heteroatoms. The van der Waals surface area contributed by atoms with E-state index in [0.29, 0.717) is 5.69 Å². The third kappa shape index (κ3) is 6.19. The molecule has 0 saturated carbocycles. The van der Waals surface area contributed by atoms with Gasteiger partial charge in [-0.15, -0.1) is 0 Å². The standard InChI is InChI=1S/C21H15ClF3N3O3/c22-19-17(8-3-9-26-19)31-12-18(29)27-15-6-1-4-13(10-15)20(30)28-16-7-2-5-14(11-16)21(23,24)25/h1-11H,12H2,(H,27,29)(H,28,30). The van der Waals surface area contributed by atoms with E-state index in [0.717, 1.165) is 12.1 Å². The zero-order valence-corrected chi connectivity index (χ0v) is 16.5. The molecule has 6 nitrogen and oxygen atoms in total. The van der Waals surface area contributed by atoms with Gasteiger partial charge in [0, 0.05) is 23.1 Å². The molecule has 1 heterocycles. The first kappa shape index (κ1) is 22.1. The summed E-state index contributed by atoms with van der Waals surface area (Å²) in [5.74, 6) is -0.891. The molecule has 3 rings (SSSR count). The number of pyridine rings is 1. The van der Waals surface area contributed by atoms with Crippen LogP contribution in [0.25, 0.3) is 0 Å². The first-order valence-electron chi connectivity index (χ1n) is 8.84. The normalized spacial score (nSPS) is 11.0. The Labute approximate surface area is 180 Å². The maximum absolute atomic E-state index is 12.8. The molecule has 0 atom stereocenters. The number of benzene rings is 2. The highest BCUT2D eigenvalue weighted by Gasteiger charge is 2.30. The summed E-state index contributed by atoms with van der Waals surface area (Å²) in [5.41, 5.74) is -0.426. The first-order valence-corrected chi connectivity index (χ1v) is 9.22. The minimum atomic E-state index is -4.52. The molecule has 0 fully saturated rings. The molecule has 3 aromatic rings. The van der Waals surface area contributed by atoms with Crippen molar-refractivity contribution in [3.05, 3.63) is 83.1 Å². The van der Waals surface area contributed by atoms with Crippen LogP contribution in [-0.2, 0) is 11.0 Å². The third-order valence-electron chi connectivity index (χ3n) is 3.94. The van der Waals surface area contributed by atoms with Gasteiger partial charge < -0.3 is 15.4 Å². The number of rotatable bonds is 6. The second-order valence-electron chi connectivity index (χ2n) is 6.24. The number of carbonyl (C=O) groups is 2. The number of anilines is 2. The lowest BCUT2D eigenvalue weighted by Gasteiger charge is -2.11. The molecule has 0 aliphatic rings. The number of aromatic nitrogens is 1. The van der Waals surface area contributed by atoms with Gasteiger partial charge in [-0.05, 0) is 48.5 Å². The minimum absolute atomic E-state index is 0.00369. The van der Waals surface area contributed by atoms with Crippen molar-refractivity contribution in [3.8, 4) is 5.75 Å². The SMILES string of the molecule is O=C(COc1cccnc1Cl)Nc1cccc(C(=O)Nc2cccc(C(F)(F)F)c2)c1. The molecule has 160 valence electrons. The molecule has 0 bridgehead atoms. The van der Waals surface area contributed by atoms with Crippen molar-refractivity contribution in [1.29, 1.82) is 0 Å². The van der Waals surface area contributed by atoms with Gasteiger partial charge in [-0.3, -0.25) is 9.59 Å². The summed E-state index contributed by atoms with van der Waals surface area (Å²) in [7, 11) is 0. The molecule has 2 amide bonds. The van der Waals surface area contributed by atoms with Crippen LogP contribution in [0.5, 0.6) is 5.75 Å². The summed E-state index contributed by atoms with van der Waals surface area (Å²) in [6.45, 7) is -0.341. The van der Waals surface area contributed by atoms with Crippen LogP contribution < -0.4 is 15.4 Å². The fourth-order valence-corrected chi connectivity index (χ4v) is 2.71. The molecule has 2 aromatic carbocycles. The topological polar surface area (TPSA) is 80.3 Å². The largest absolute Gasteiger partial charge is 0.481 e. The number of ether oxygens (including phenoxy) is 1. The summed E-state index contributed by atoms with van der Waals surface area (Å²) in [5, 5.41) is 5.08. The Kier molecular flexibility index (Phi) is 6.76. The van der Waals surface area contributed by atoms with E-state index < -0.39 is 23.6 Å². The summed E-state index contributed by atoms with van der Waals surface area (Å²) >= 11 is 5.85. The molecule has 1 aromatic heterocycles. The van der Waals surface area contributed by atoms with Crippen LogP contribution in [0.15, 0.2) is 66.9 Å². The van der Waals surface area contributed by atoms with Crippen molar-refractivity contribution >= 4 is 34.8 Å². The number of nitrogens with zero attached hydrogens (tertiary/aromatic N) is 1. The second-order valence-corrected chi connectivity index (χ2v) is 6.60. The van der Waals surface area contributed by atoms with Crippen molar-refractivity contribution < 1.29 is 27.5 Å². The summed E-state index contributed by atoms with van der Waals surface area (Å²) in [6.07, 6.45) is -3.04. The lowest BCUT2D eigenvalue weighted by molar-refractivity contribution is -0.137. The van der Waals surface area contributed by atoms with Crippen LogP contribution >= 0.6 is 11.6 Å². The van der Waals surface area contributed by atoms with Gasteiger partial charge >= 0.3 is 6.18 Å². The molecule has 0 spiro atoms. The lowest BCUT2D eigenvalue weighted by Crippen LogP contribution is -2.20. The predicted molar refractivity (Wildman–Crippen MR) is 109 cm³/mol. The van der Waals surface area contributed by atoms with E-state index in [1.807, 2.05) is 0 Å². The molecular formula is C21H15ClF3N3O3. The van der Waals surface area contributed by atoms with E-state index in [-0.39, 0.29) is 28.8 Å². The minimum Gasteiger partial charge on any atom is -0.481 e. The Balaban J connectivity index is 1.62. The summed E-state index contributed by atoms with van der Waals surface area (Å²) in [4.78, 5) is 28.3. The summed E-state index contributed by atoms with van der Waals surface area (Å²) in [6, 6.07) is 13.4. The highest BCUT2D eigenvalue weighted by atomic mass is 35.5. The number of halogens is 4. The predicted octanol–water partition coefficient (Wildman–Crippen LogP) is 5.02. The van der Waals surface area contributed by atoms with Crippen LogP contribution in [0, 0.1) is 0 Å². The smallest absolute Gasteiger partial charge is 0.416 e. The van der Waals surface area contributed by atoms with Crippen LogP contribution in [0.2, 0.25) is 5.15 Å². The number of amides is 2. The molecular weight excluding hydrogens is 435 g/mol. The molecule has 2 N–H and O–H groups in total. The van der Waals surface area contributed by atoms with Gasteiger partial charge in [0.15, 0.2) is 17.5 Å². The van der Waals surface area contributed by atoms with Crippen LogP contribution in [0.1, 0.15) is 15.9 Å². The fraction of sp³-hybridized carbons (Fsp3) is 0.0952. The van der Waals surface area contributed by atoms with Crippen molar-refractivity contribution in [2.24, 2.45) is 0 Å². The number of alkyl halides is 3. The van der Waals surface area contributed by atoms with Crippen LogP contribution in [0.3, 0.4) is 0 Å². The van der Waals surface area contributed by atoms with Gasteiger partial charge in [0.2, 0.25) is 0 Å². The number of hydrogen-bond acceptors (Lipinski definition) is 4. The number of carbonyl (C=O) groups excluding carboxylic acids is 2. The van der Waals surface area contributed by atoms with E-state index in [4.69, 9.17) is 16.3 Å². The highest BCUT2D eigenvalue weighted by molar-refractivity contribution is 6.30. The zero-order valence-electron chi connectivity index (χ0n) is 15.7. The van der Waals surface area contributed by atoms with E-state index in [1.54, 1.807) is 18.2 Å². The average molecular weight is 450 g/mol. The van der Waals surface area contributed by atoms with E-state index >= 15 is 0 Å². The fourth-order valence-electron chi connectivity index (χ4n) is 2.53. The number of hydrogen-bond donors (Lipinski definition) is 2. The Morgan fingerprint density at radius 3 is 2.39 bits per heavy atom. The average Bonchev–Trinajstić information content (AvgIpc) is 2.73. The molecule has 0 radical (unpaired) electrons. The Morgan fingerprint density at radius 2 is 1.68 bits per heavy atom. The Hall–Kier alpha value is -3.59. The Bertz CT molecular complexity index is 1110. The van der Waals surface area contributed by atoms with E-state index in [9.17, 15) is 22.8 Å². The van der Waals surface area contributed by atoms with Crippen LogP contribution in [-0.4, -0.2) is 23.4 Å². The van der Waals surface area contributed by atoms with Crippen molar-refractivity contribution in [2.45, 2.75) is 6.18 Å². The Morgan fingerprint density at radius 1 is 0.968 bits per heavy atom. The molecule has 0 aliphatic heterocycles. The highest BCUT2D eigenvalue weighted by Crippen LogP contribution is 2.30. The lowest BCUT2D eigenvalue weighted by atomic mass is 10.1. The van der Waals surface area contributed by atoms with Gasteiger partial charge in [-0.2, -0.15) is 13.2 Å². The summed E-state index contributed by atoms with van der Waals surface area (Å²) < 4.78 is 43.8. The monoisotopic (exact) mass is 449 g/mol. The second kappa shape index (κ2) is 9.48. The maximum atomic E-state index is 12.8. The molecule has 31 heavy (non-hydrogen) atoms. The maximum Gasteiger partial charge on any atom is 0.416 e. The van der Waals surface area contributed by atoms with Gasteiger partial charge in [0.05, 0.1) is 5.56 Å². The van der Waals surface area contributed by atoms with Crippen molar-refractivity contribution in [2.75, 3.05) is 17.2 Å². The number of nitrogens with one attached hydrogen (secondary N) is 2. The zero-order chi connectivity index (χ0) is 22.4. The first-order chi connectivity index (χ1) is 14.7. The molecule has 0 saturated heterocycles. The van der Waals surface area contributed by atoms with Gasteiger partial charge in [0.1, 0.15) is 0 Å². The molecule has 0 unspecified atom stereocenters. The molecule has 0 aliphatic carbocycles.